The van der Waals surface area contributed by atoms with Gasteiger partial charge in [0.25, 0.3) is 5.91 Å². The van der Waals surface area contributed by atoms with E-state index in [1.54, 1.807) is 18.2 Å². The van der Waals surface area contributed by atoms with Crippen LogP contribution in [-0.2, 0) is 10.0 Å². The van der Waals surface area contributed by atoms with Crippen molar-refractivity contribution in [3.05, 3.63) is 84.4 Å². The molecule has 0 bridgehead atoms. The smallest absolute Gasteiger partial charge is 0.255 e. The number of anilines is 1. The minimum Gasteiger partial charge on any atom is -0.455 e. The molecule has 0 aliphatic heterocycles. The number of hydrogen-bond acceptors (Lipinski definition) is 4. The zero-order valence-corrected chi connectivity index (χ0v) is 16.4. The second-order valence-corrected chi connectivity index (χ2v) is 8.50. The molecule has 0 atom stereocenters. The molecule has 1 aliphatic rings. The van der Waals surface area contributed by atoms with Gasteiger partial charge in [0.15, 0.2) is 5.75 Å². The molecule has 1 aliphatic carbocycles. The van der Waals surface area contributed by atoms with Crippen LogP contribution in [0, 0.1) is 0 Å². The van der Waals surface area contributed by atoms with Crippen molar-refractivity contribution >= 4 is 21.6 Å². The maximum Gasteiger partial charge on any atom is 0.255 e. The summed E-state index contributed by atoms with van der Waals surface area (Å²) in [5.41, 5.74) is 0.873. The van der Waals surface area contributed by atoms with Gasteiger partial charge in [0.05, 0.1) is 10.6 Å². The summed E-state index contributed by atoms with van der Waals surface area (Å²) in [6.07, 6.45) is 1.73. The summed E-state index contributed by atoms with van der Waals surface area (Å²) >= 11 is 0. The fourth-order valence-electron chi connectivity index (χ4n) is 2.74. The summed E-state index contributed by atoms with van der Waals surface area (Å²) < 4.78 is 33.0. The first-order chi connectivity index (χ1) is 14.0. The molecule has 6 nitrogen and oxygen atoms in total. The van der Waals surface area contributed by atoms with Gasteiger partial charge in [0, 0.05) is 11.6 Å². The molecule has 0 spiro atoms. The predicted molar refractivity (Wildman–Crippen MR) is 111 cm³/mol. The first-order valence-electron chi connectivity index (χ1n) is 9.27. The monoisotopic (exact) mass is 408 g/mol. The van der Waals surface area contributed by atoms with Gasteiger partial charge in [0.1, 0.15) is 5.75 Å². The standard InChI is InChI=1S/C22H20N2O4S/c25-22(16-10-14-19(15-11-16)29(26,27)24-17-12-13-17)23-20-8-4-5-9-21(20)28-18-6-2-1-3-7-18/h1-11,14-15,17,24H,12-13H2,(H,23,25). The van der Waals surface area contributed by atoms with Crippen LogP contribution in [-0.4, -0.2) is 20.4 Å². The molecule has 29 heavy (non-hydrogen) atoms. The van der Waals surface area contributed by atoms with Crippen molar-refractivity contribution in [1.82, 2.24) is 4.72 Å². The van der Waals surface area contributed by atoms with E-state index in [0.717, 1.165) is 12.8 Å². The fourth-order valence-corrected chi connectivity index (χ4v) is 4.05. The average Bonchev–Trinajstić information content (AvgIpc) is 3.54. The first-order valence-corrected chi connectivity index (χ1v) is 10.8. The van der Waals surface area contributed by atoms with E-state index in [2.05, 4.69) is 10.0 Å². The highest BCUT2D eigenvalue weighted by Crippen LogP contribution is 2.29. The van der Waals surface area contributed by atoms with Gasteiger partial charge < -0.3 is 10.1 Å². The predicted octanol–water partition coefficient (Wildman–Crippen LogP) is 4.17. The molecule has 3 aromatic carbocycles. The van der Waals surface area contributed by atoms with Gasteiger partial charge in [-0.25, -0.2) is 13.1 Å². The number of carbonyl (C=O) groups excluding carboxylic acids is 1. The van der Waals surface area contributed by atoms with Gasteiger partial charge >= 0.3 is 0 Å². The molecule has 0 aromatic heterocycles. The lowest BCUT2D eigenvalue weighted by Gasteiger charge is -2.12. The zero-order valence-electron chi connectivity index (χ0n) is 15.5. The molecule has 3 aromatic rings. The van der Waals surface area contributed by atoms with E-state index in [9.17, 15) is 13.2 Å². The van der Waals surface area contributed by atoms with Crippen LogP contribution in [0.4, 0.5) is 5.69 Å². The number of para-hydroxylation sites is 3. The third-order valence-corrected chi connectivity index (χ3v) is 5.97. The van der Waals surface area contributed by atoms with Gasteiger partial charge in [-0.15, -0.1) is 0 Å². The Labute approximate surface area is 169 Å². The van der Waals surface area contributed by atoms with Gasteiger partial charge in [-0.3, -0.25) is 4.79 Å². The minimum atomic E-state index is -3.54. The third kappa shape index (κ3) is 4.82. The number of rotatable bonds is 7. The summed E-state index contributed by atoms with van der Waals surface area (Å²) in [7, 11) is -3.54. The van der Waals surface area contributed by atoms with Crippen molar-refractivity contribution in [1.29, 1.82) is 0 Å². The summed E-state index contributed by atoms with van der Waals surface area (Å²) in [6.45, 7) is 0. The highest BCUT2D eigenvalue weighted by Gasteiger charge is 2.28. The van der Waals surface area contributed by atoms with Crippen LogP contribution in [0.1, 0.15) is 23.2 Å². The molecule has 2 N–H and O–H groups in total. The molecule has 0 saturated heterocycles. The highest BCUT2D eigenvalue weighted by molar-refractivity contribution is 7.89. The Morgan fingerprint density at radius 2 is 1.52 bits per heavy atom. The van der Waals surface area contributed by atoms with Gasteiger partial charge in [-0.2, -0.15) is 0 Å². The number of hydrogen-bond donors (Lipinski definition) is 2. The number of benzene rings is 3. The molecular weight excluding hydrogens is 388 g/mol. The van der Waals surface area contributed by atoms with Crippen LogP contribution in [0.3, 0.4) is 0 Å². The van der Waals surface area contributed by atoms with Crippen molar-refractivity contribution in [2.45, 2.75) is 23.8 Å². The maximum atomic E-state index is 12.6. The number of amides is 1. The van der Waals surface area contributed by atoms with E-state index in [1.807, 2.05) is 36.4 Å². The zero-order chi connectivity index (χ0) is 20.3. The largest absolute Gasteiger partial charge is 0.455 e. The Bertz CT molecular complexity index is 1110. The summed E-state index contributed by atoms with van der Waals surface area (Å²) in [4.78, 5) is 12.8. The van der Waals surface area contributed by atoms with Crippen molar-refractivity contribution in [2.24, 2.45) is 0 Å². The molecule has 1 saturated carbocycles. The number of nitrogens with one attached hydrogen (secondary N) is 2. The van der Waals surface area contributed by atoms with E-state index < -0.39 is 10.0 Å². The van der Waals surface area contributed by atoms with E-state index >= 15 is 0 Å². The van der Waals surface area contributed by atoms with E-state index in [-0.39, 0.29) is 16.8 Å². The van der Waals surface area contributed by atoms with E-state index in [4.69, 9.17) is 4.74 Å². The maximum absolute atomic E-state index is 12.6. The van der Waals surface area contributed by atoms with Gasteiger partial charge in [-0.1, -0.05) is 30.3 Å². The number of ether oxygens (including phenoxy) is 1. The van der Waals surface area contributed by atoms with Gasteiger partial charge in [0.2, 0.25) is 10.0 Å². The van der Waals surface area contributed by atoms with Crippen molar-refractivity contribution in [3.63, 3.8) is 0 Å². The van der Waals surface area contributed by atoms with Crippen LogP contribution < -0.4 is 14.8 Å². The molecular formula is C22H20N2O4S. The summed E-state index contributed by atoms with van der Waals surface area (Å²) in [5, 5.41) is 2.82. The summed E-state index contributed by atoms with van der Waals surface area (Å²) in [6, 6.07) is 22.3. The van der Waals surface area contributed by atoms with E-state index in [0.29, 0.717) is 22.7 Å². The molecule has 1 amide bonds. The third-order valence-electron chi connectivity index (χ3n) is 4.43. The van der Waals surface area contributed by atoms with Crippen molar-refractivity contribution in [2.75, 3.05) is 5.32 Å². The topological polar surface area (TPSA) is 84.5 Å². The van der Waals surface area contributed by atoms with Crippen molar-refractivity contribution in [3.8, 4) is 11.5 Å². The molecule has 0 heterocycles. The lowest BCUT2D eigenvalue weighted by atomic mass is 10.2. The Morgan fingerprint density at radius 1 is 0.862 bits per heavy atom. The van der Waals surface area contributed by atoms with Crippen LogP contribution in [0.5, 0.6) is 11.5 Å². The Morgan fingerprint density at radius 3 is 2.21 bits per heavy atom. The Kier molecular flexibility index (Phi) is 5.33. The number of sulfonamides is 1. The SMILES string of the molecule is O=C(Nc1ccccc1Oc1ccccc1)c1ccc(S(=O)(=O)NC2CC2)cc1. The number of carbonyl (C=O) groups is 1. The second kappa shape index (κ2) is 8.06. The molecule has 0 radical (unpaired) electrons. The average molecular weight is 408 g/mol. The Balaban J connectivity index is 1.48. The van der Waals surface area contributed by atoms with Crippen molar-refractivity contribution < 1.29 is 17.9 Å². The minimum absolute atomic E-state index is 0.0316. The van der Waals surface area contributed by atoms with Crippen LogP contribution in [0.25, 0.3) is 0 Å². The van der Waals surface area contributed by atoms with Crippen LogP contribution in [0.2, 0.25) is 0 Å². The van der Waals surface area contributed by atoms with E-state index in [1.165, 1.54) is 24.3 Å². The van der Waals surface area contributed by atoms with Crippen LogP contribution >= 0.6 is 0 Å². The molecule has 4 rings (SSSR count). The van der Waals surface area contributed by atoms with Crippen LogP contribution in [0.15, 0.2) is 83.8 Å². The molecule has 1 fully saturated rings. The fraction of sp³-hybridized carbons (Fsp3) is 0.136. The lowest BCUT2D eigenvalue weighted by molar-refractivity contribution is 0.102. The quantitative estimate of drug-likeness (QED) is 0.614. The normalized spacial score (nSPS) is 13.7. The summed E-state index contributed by atoms with van der Waals surface area (Å²) in [5.74, 6) is 0.819. The molecule has 0 unspecified atom stereocenters. The molecule has 148 valence electrons. The lowest BCUT2D eigenvalue weighted by Crippen LogP contribution is -2.25. The highest BCUT2D eigenvalue weighted by atomic mass is 32.2. The Hall–Kier alpha value is -3.16. The van der Waals surface area contributed by atoms with Gasteiger partial charge in [-0.05, 0) is 61.4 Å². The molecule has 7 heteroatoms. The first kappa shape index (κ1) is 19.2. The second-order valence-electron chi connectivity index (χ2n) is 6.79.